The molecule has 1 aromatic carbocycles. The fourth-order valence-corrected chi connectivity index (χ4v) is 4.03. The molecule has 0 fully saturated rings. The Bertz CT molecular complexity index is 851. The Balaban J connectivity index is 1.76. The Hall–Kier alpha value is -2.38. The van der Waals surface area contributed by atoms with Crippen LogP contribution in [0.1, 0.15) is 46.4 Å². The van der Waals surface area contributed by atoms with Crippen LogP contribution in [-0.4, -0.2) is 40.5 Å². The van der Waals surface area contributed by atoms with Gasteiger partial charge in [0, 0.05) is 19.1 Å². The van der Waals surface area contributed by atoms with Crippen LogP contribution in [0.2, 0.25) is 0 Å². The molecule has 0 saturated heterocycles. The number of fused-ring (bicyclic) bond motifs is 1. The number of amides is 1. The first-order chi connectivity index (χ1) is 14.3. The van der Waals surface area contributed by atoms with E-state index in [1.807, 2.05) is 37.3 Å². The normalized spacial score (nSPS) is 21.9. The minimum Gasteiger partial charge on any atom is -0.459 e. The van der Waals surface area contributed by atoms with Gasteiger partial charge in [0.25, 0.3) is 5.91 Å². The molecular formula is C23H33N3O4. The number of rotatable bonds is 8. The third-order valence-corrected chi connectivity index (χ3v) is 5.49. The number of imidazole rings is 1. The molecule has 1 aliphatic heterocycles. The zero-order valence-corrected chi connectivity index (χ0v) is 18.3. The molecule has 3 atom stereocenters. The molecule has 2 aromatic rings. The maximum absolute atomic E-state index is 12.9. The second-order valence-electron chi connectivity index (χ2n) is 8.78. The number of para-hydroxylation sites is 2. The van der Waals surface area contributed by atoms with E-state index in [-0.39, 0.29) is 42.1 Å². The molecule has 164 valence electrons. The lowest BCUT2D eigenvalue weighted by molar-refractivity contribution is -0.179. The van der Waals surface area contributed by atoms with Gasteiger partial charge in [0.05, 0.1) is 17.6 Å². The van der Waals surface area contributed by atoms with Crippen molar-refractivity contribution in [3.05, 3.63) is 41.9 Å². The number of aromatic nitrogens is 2. The Morgan fingerprint density at radius 3 is 2.77 bits per heavy atom. The van der Waals surface area contributed by atoms with Gasteiger partial charge in [-0.3, -0.25) is 4.79 Å². The molecule has 0 bridgehead atoms. The van der Waals surface area contributed by atoms with Gasteiger partial charge in [-0.25, -0.2) is 4.98 Å². The zero-order valence-electron chi connectivity index (χ0n) is 18.3. The van der Waals surface area contributed by atoms with Crippen molar-refractivity contribution in [1.82, 2.24) is 15.3 Å². The van der Waals surface area contributed by atoms with Crippen molar-refractivity contribution in [3.63, 3.8) is 0 Å². The maximum atomic E-state index is 12.9. The largest absolute Gasteiger partial charge is 0.459 e. The highest BCUT2D eigenvalue weighted by atomic mass is 16.7. The summed E-state index contributed by atoms with van der Waals surface area (Å²) in [4.78, 5) is 20.6. The fourth-order valence-electron chi connectivity index (χ4n) is 4.03. The van der Waals surface area contributed by atoms with Crippen LogP contribution in [0.3, 0.4) is 0 Å². The van der Waals surface area contributed by atoms with Crippen LogP contribution in [0, 0.1) is 17.3 Å². The molecule has 0 unspecified atom stereocenters. The van der Waals surface area contributed by atoms with E-state index in [0.29, 0.717) is 18.9 Å². The number of carbonyl (C=O) groups excluding carboxylic acids is 1. The highest BCUT2D eigenvalue weighted by Gasteiger charge is 2.42. The quantitative estimate of drug-likeness (QED) is 0.613. The number of aliphatic hydroxyl groups is 1. The first-order valence-corrected chi connectivity index (χ1v) is 10.7. The molecule has 2 heterocycles. The zero-order chi connectivity index (χ0) is 21.7. The molecule has 1 amide bonds. The lowest BCUT2D eigenvalue weighted by Crippen LogP contribution is -2.43. The standard InChI is InChI=1S/C23H33N3O4/c1-5-29-22-15(9-8-12-27)16(23(2,3)4)13-19(30-22)21(28)24-14-20-25-17-10-6-7-11-18(17)26-20/h6-7,10-11,13,15-16,22,27H,5,8-9,12,14H2,1-4H3,(H,24,28)(H,25,26)/t15-,16+,22-/m1/s1. The number of aliphatic hydroxyl groups excluding tert-OH is 1. The SMILES string of the molecule is CCO[C@@H]1OC(C(=O)NCc2nc3ccccc3[nH]2)=C[C@H](C(C)(C)C)[C@H]1CCCO. The molecule has 1 aliphatic rings. The van der Waals surface area contributed by atoms with Gasteiger partial charge >= 0.3 is 0 Å². The van der Waals surface area contributed by atoms with Crippen LogP contribution in [-0.2, 0) is 20.8 Å². The van der Waals surface area contributed by atoms with Crippen LogP contribution >= 0.6 is 0 Å². The average molecular weight is 416 g/mol. The maximum Gasteiger partial charge on any atom is 0.286 e. The summed E-state index contributed by atoms with van der Waals surface area (Å²) in [5.41, 5.74) is 1.72. The molecule has 3 N–H and O–H groups in total. The Morgan fingerprint density at radius 1 is 1.33 bits per heavy atom. The van der Waals surface area contributed by atoms with Crippen molar-refractivity contribution < 1.29 is 19.4 Å². The number of nitrogens with one attached hydrogen (secondary N) is 2. The van der Waals surface area contributed by atoms with Gasteiger partial charge in [-0.05, 0) is 49.3 Å². The summed E-state index contributed by atoms with van der Waals surface area (Å²) in [5.74, 6) is 0.848. The number of hydrogen-bond acceptors (Lipinski definition) is 5. The van der Waals surface area contributed by atoms with E-state index < -0.39 is 6.29 Å². The molecular weight excluding hydrogens is 382 g/mol. The summed E-state index contributed by atoms with van der Waals surface area (Å²) < 4.78 is 11.8. The van der Waals surface area contributed by atoms with E-state index in [1.165, 1.54) is 0 Å². The molecule has 7 nitrogen and oxygen atoms in total. The van der Waals surface area contributed by atoms with E-state index in [0.717, 1.165) is 17.5 Å². The Labute approximate surface area is 177 Å². The number of benzene rings is 1. The molecule has 7 heteroatoms. The van der Waals surface area contributed by atoms with Gasteiger partial charge in [0.2, 0.25) is 6.29 Å². The third kappa shape index (κ3) is 5.21. The Kier molecular flexibility index (Phi) is 7.15. The van der Waals surface area contributed by atoms with E-state index >= 15 is 0 Å². The predicted octanol–water partition coefficient (Wildman–Crippen LogP) is 3.51. The summed E-state index contributed by atoms with van der Waals surface area (Å²) in [7, 11) is 0. The third-order valence-electron chi connectivity index (χ3n) is 5.49. The summed E-state index contributed by atoms with van der Waals surface area (Å²) in [5, 5.41) is 12.2. The monoisotopic (exact) mass is 415 g/mol. The molecule has 0 saturated carbocycles. The number of ether oxygens (including phenoxy) is 2. The predicted molar refractivity (Wildman–Crippen MR) is 115 cm³/mol. The van der Waals surface area contributed by atoms with Gasteiger partial charge in [0.15, 0.2) is 5.76 Å². The average Bonchev–Trinajstić information content (AvgIpc) is 3.13. The van der Waals surface area contributed by atoms with E-state index in [9.17, 15) is 9.90 Å². The minimum atomic E-state index is -0.511. The van der Waals surface area contributed by atoms with Crippen LogP contribution in [0.25, 0.3) is 11.0 Å². The van der Waals surface area contributed by atoms with Gasteiger partial charge in [0.1, 0.15) is 5.82 Å². The van der Waals surface area contributed by atoms with Crippen molar-refractivity contribution in [2.24, 2.45) is 17.3 Å². The van der Waals surface area contributed by atoms with Gasteiger partial charge in [-0.2, -0.15) is 0 Å². The van der Waals surface area contributed by atoms with Gasteiger partial charge in [-0.15, -0.1) is 0 Å². The smallest absolute Gasteiger partial charge is 0.286 e. The second kappa shape index (κ2) is 9.62. The number of H-pyrrole nitrogens is 1. The topological polar surface area (TPSA) is 96.5 Å². The number of carbonyl (C=O) groups is 1. The molecule has 0 aliphatic carbocycles. The first kappa shape index (κ1) is 22.3. The molecule has 0 spiro atoms. The minimum absolute atomic E-state index is 0.0732. The van der Waals surface area contributed by atoms with Crippen molar-refractivity contribution >= 4 is 16.9 Å². The van der Waals surface area contributed by atoms with E-state index in [4.69, 9.17) is 9.47 Å². The summed E-state index contributed by atoms with van der Waals surface area (Å²) >= 11 is 0. The number of nitrogens with zero attached hydrogens (tertiary/aromatic N) is 1. The fraction of sp³-hybridized carbons (Fsp3) is 0.565. The molecule has 1 aromatic heterocycles. The van der Waals surface area contributed by atoms with Crippen molar-refractivity contribution in [1.29, 1.82) is 0 Å². The highest BCUT2D eigenvalue weighted by molar-refractivity contribution is 5.91. The van der Waals surface area contributed by atoms with E-state index in [1.54, 1.807) is 0 Å². The Morgan fingerprint density at radius 2 is 2.10 bits per heavy atom. The lowest BCUT2D eigenvalue weighted by atomic mass is 9.70. The van der Waals surface area contributed by atoms with E-state index in [2.05, 4.69) is 36.1 Å². The van der Waals surface area contributed by atoms with Crippen LogP contribution in [0.4, 0.5) is 0 Å². The van der Waals surface area contributed by atoms with Gasteiger partial charge in [-0.1, -0.05) is 32.9 Å². The highest BCUT2D eigenvalue weighted by Crippen LogP contribution is 2.42. The second-order valence-corrected chi connectivity index (χ2v) is 8.78. The lowest BCUT2D eigenvalue weighted by Gasteiger charge is -2.42. The van der Waals surface area contributed by atoms with Crippen molar-refractivity contribution in [3.8, 4) is 0 Å². The number of hydrogen-bond donors (Lipinski definition) is 3. The van der Waals surface area contributed by atoms with Crippen LogP contribution in [0.5, 0.6) is 0 Å². The van der Waals surface area contributed by atoms with Crippen molar-refractivity contribution in [2.45, 2.75) is 53.4 Å². The van der Waals surface area contributed by atoms with Crippen molar-refractivity contribution in [2.75, 3.05) is 13.2 Å². The summed E-state index contributed by atoms with van der Waals surface area (Å²) in [6.45, 7) is 9.26. The summed E-state index contributed by atoms with van der Waals surface area (Å²) in [6.07, 6.45) is 2.85. The number of aromatic amines is 1. The first-order valence-electron chi connectivity index (χ1n) is 10.7. The van der Waals surface area contributed by atoms with Crippen LogP contribution < -0.4 is 5.32 Å². The molecule has 30 heavy (non-hydrogen) atoms. The number of allylic oxidation sites excluding steroid dienone is 1. The molecule has 0 radical (unpaired) electrons. The van der Waals surface area contributed by atoms with Crippen LogP contribution in [0.15, 0.2) is 36.1 Å². The van der Waals surface area contributed by atoms with Gasteiger partial charge < -0.3 is 24.9 Å². The summed E-state index contributed by atoms with van der Waals surface area (Å²) in [6, 6.07) is 7.75. The molecule has 3 rings (SSSR count).